The van der Waals surface area contributed by atoms with E-state index in [-0.39, 0.29) is 6.42 Å². The average molecular weight is 194 g/mol. The Balaban J connectivity index is 4.05. The van der Waals surface area contributed by atoms with Gasteiger partial charge in [-0.25, -0.2) is 0 Å². The molecule has 0 bridgehead atoms. The number of carboxylic acids is 1. The third kappa shape index (κ3) is 5.40. The fraction of sp³-hybridized carbons (Fsp3) is 0.857. The summed E-state index contributed by atoms with van der Waals surface area (Å²) in [5.74, 6) is -2.26. The number of aliphatic hydroxyl groups is 2. The molecule has 0 aliphatic carbocycles. The molecule has 0 aromatic carbocycles. The molecular weight excluding hydrogens is 180 g/mol. The molecular formula is C7H14O4S. The third-order valence-electron chi connectivity index (χ3n) is 1.22. The molecule has 0 rings (SSSR count). The van der Waals surface area contributed by atoms with Crippen molar-refractivity contribution >= 4 is 17.7 Å². The highest BCUT2D eigenvalue weighted by Gasteiger charge is 2.27. The summed E-state index contributed by atoms with van der Waals surface area (Å²) in [7, 11) is 0. The summed E-state index contributed by atoms with van der Waals surface area (Å²) in [4.78, 5) is 10.5. The van der Waals surface area contributed by atoms with Crippen molar-refractivity contribution in [2.75, 3.05) is 5.75 Å². The molecule has 1 unspecified atom stereocenters. The van der Waals surface area contributed by atoms with E-state index >= 15 is 0 Å². The van der Waals surface area contributed by atoms with Crippen LogP contribution in [0.15, 0.2) is 0 Å². The van der Waals surface area contributed by atoms with E-state index in [1.54, 1.807) is 0 Å². The van der Waals surface area contributed by atoms with Gasteiger partial charge in [-0.3, -0.25) is 4.79 Å². The first-order chi connectivity index (χ1) is 5.37. The van der Waals surface area contributed by atoms with Crippen molar-refractivity contribution in [3.05, 3.63) is 0 Å². The molecule has 0 radical (unpaired) electrons. The molecule has 1 atom stereocenters. The molecule has 5 heteroatoms. The Labute approximate surface area is 75.6 Å². The first kappa shape index (κ1) is 11.7. The molecule has 0 aliphatic rings. The maximum atomic E-state index is 10.5. The van der Waals surface area contributed by atoms with Crippen molar-refractivity contribution in [2.24, 2.45) is 0 Å². The Morgan fingerprint density at radius 3 is 2.33 bits per heavy atom. The molecule has 12 heavy (non-hydrogen) atoms. The maximum absolute atomic E-state index is 10.5. The molecule has 0 fully saturated rings. The Morgan fingerprint density at radius 1 is 1.58 bits per heavy atom. The minimum Gasteiger partial charge on any atom is -0.480 e. The summed E-state index contributed by atoms with van der Waals surface area (Å²) in [6.45, 7) is 3.01. The van der Waals surface area contributed by atoms with Gasteiger partial charge in [-0.05, 0) is 12.7 Å². The van der Waals surface area contributed by atoms with E-state index in [2.05, 4.69) is 0 Å². The largest absolute Gasteiger partial charge is 0.480 e. The van der Waals surface area contributed by atoms with Crippen molar-refractivity contribution in [1.29, 1.82) is 0 Å². The monoisotopic (exact) mass is 194 g/mol. The highest BCUT2D eigenvalue weighted by Crippen LogP contribution is 2.20. The van der Waals surface area contributed by atoms with Gasteiger partial charge >= 0.3 is 5.97 Å². The standard InChI is InChI=1S/C7H14O4S/c1-3-12-5(6(8)9)4-7(2,10)11/h5,10-11H,3-4H2,1-2H3,(H,8,9). The predicted octanol–water partition coefficient (Wildman–Crippen LogP) is 0.284. The molecule has 0 aromatic rings. The van der Waals surface area contributed by atoms with Gasteiger partial charge in [-0.15, -0.1) is 11.8 Å². The second kappa shape index (κ2) is 4.69. The fourth-order valence-corrected chi connectivity index (χ4v) is 1.75. The molecule has 0 spiro atoms. The number of carbonyl (C=O) groups is 1. The highest BCUT2D eigenvalue weighted by molar-refractivity contribution is 8.00. The van der Waals surface area contributed by atoms with Crippen molar-refractivity contribution < 1.29 is 20.1 Å². The van der Waals surface area contributed by atoms with Crippen LogP contribution < -0.4 is 0 Å². The van der Waals surface area contributed by atoms with E-state index in [1.807, 2.05) is 6.92 Å². The second-order valence-corrected chi connectivity index (χ2v) is 4.18. The quantitative estimate of drug-likeness (QED) is 0.548. The normalized spacial score (nSPS) is 14.3. The second-order valence-electron chi connectivity index (χ2n) is 2.70. The lowest BCUT2D eigenvalue weighted by atomic mass is 10.2. The summed E-state index contributed by atoms with van der Waals surface area (Å²) in [5.41, 5.74) is 0. The SMILES string of the molecule is CCSC(CC(C)(O)O)C(=O)O. The number of thioether (sulfide) groups is 1. The molecule has 4 nitrogen and oxygen atoms in total. The smallest absolute Gasteiger partial charge is 0.316 e. The summed E-state index contributed by atoms with van der Waals surface area (Å²) in [6, 6.07) is 0. The highest BCUT2D eigenvalue weighted by atomic mass is 32.2. The summed E-state index contributed by atoms with van der Waals surface area (Å²) in [5, 5.41) is 25.8. The number of rotatable bonds is 5. The Morgan fingerprint density at radius 2 is 2.08 bits per heavy atom. The van der Waals surface area contributed by atoms with Crippen LogP contribution in [0, 0.1) is 0 Å². The molecule has 0 aromatic heterocycles. The summed E-state index contributed by atoms with van der Waals surface area (Å²) >= 11 is 1.19. The van der Waals surface area contributed by atoms with Gasteiger partial charge in [0.1, 0.15) is 5.25 Å². The van der Waals surface area contributed by atoms with Crippen LogP contribution in [0.5, 0.6) is 0 Å². The fourth-order valence-electron chi connectivity index (χ4n) is 0.770. The van der Waals surface area contributed by atoms with E-state index < -0.39 is 17.0 Å². The van der Waals surface area contributed by atoms with Crippen LogP contribution in [0.1, 0.15) is 20.3 Å². The molecule has 0 saturated heterocycles. The molecule has 3 N–H and O–H groups in total. The lowest BCUT2D eigenvalue weighted by Gasteiger charge is -2.19. The van der Waals surface area contributed by atoms with Crippen LogP contribution in [-0.4, -0.2) is 38.1 Å². The van der Waals surface area contributed by atoms with E-state index in [1.165, 1.54) is 18.7 Å². The number of hydrogen-bond acceptors (Lipinski definition) is 4. The molecule has 0 amide bonds. The summed E-state index contributed by atoms with van der Waals surface area (Å²) < 4.78 is 0. The van der Waals surface area contributed by atoms with Gasteiger partial charge in [0.25, 0.3) is 0 Å². The maximum Gasteiger partial charge on any atom is 0.316 e. The Hall–Kier alpha value is -0.260. The minimum atomic E-state index is -1.90. The zero-order valence-electron chi connectivity index (χ0n) is 7.15. The minimum absolute atomic E-state index is 0.152. The molecule has 0 saturated carbocycles. The van der Waals surface area contributed by atoms with Gasteiger partial charge in [-0.2, -0.15) is 0 Å². The number of aliphatic carboxylic acids is 1. The van der Waals surface area contributed by atoms with Gasteiger partial charge in [0.15, 0.2) is 5.79 Å². The number of hydrogen-bond donors (Lipinski definition) is 3. The summed E-state index contributed by atoms with van der Waals surface area (Å²) in [6.07, 6.45) is -0.152. The van der Waals surface area contributed by atoms with Crippen LogP contribution in [0.4, 0.5) is 0 Å². The number of carboxylic acid groups (broad SMARTS) is 1. The Kier molecular flexibility index (Phi) is 4.59. The van der Waals surface area contributed by atoms with Crippen LogP contribution in [-0.2, 0) is 4.79 Å². The lowest BCUT2D eigenvalue weighted by Crippen LogP contribution is -2.32. The van der Waals surface area contributed by atoms with Crippen molar-refractivity contribution in [2.45, 2.75) is 31.3 Å². The van der Waals surface area contributed by atoms with Gasteiger partial charge in [-0.1, -0.05) is 6.92 Å². The average Bonchev–Trinajstić information content (AvgIpc) is 1.83. The lowest BCUT2D eigenvalue weighted by molar-refractivity contribution is -0.158. The van der Waals surface area contributed by atoms with Crippen LogP contribution >= 0.6 is 11.8 Å². The van der Waals surface area contributed by atoms with Gasteiger partial charge in [0.05, 0.1) is 0 Å². The van der Waals surface area contributed by atoms with Crippen molar-refractivity contribution in [3.63, 3.8) is 0 Å². The first-order valence-corrected chi connectivity index (χ1v) is 4.71. The van der Waals surface area contributed by atoms with E-state index in [0.29, 0.717) is 5.75 Å². The van der Waals surface area contributed by atoms with Crippen LogP contribution in [0.3, 0.4) is 0 Å². The Bertz CT molecular complexity index is 152. The van der Waals surface area contributed by atoms with Gasteiger partial charge in [0, 0.05) is 6.42 Å². The van der Waals surface area contributed by atoms with E-state index in [4.69, 9.17) is 15.3 Å². The zero-order valence-corrected chi connectivity index (χ0v) is 7.97. The van der Waals surface area contributed by atoms with E-state index in [9.17, 15) is 4.79 Å². The first-order valence-electron chi connectivity index (χ1n) is 3.66. The van der Waals surface area contributed by atoms with Crippen molar-refractivity contribution in [1.82, 2.24) is 0 Å². The third-order valence-corrected chi connectivity index (χ3v) is 2.32. The molecule has 0 heterocycles. The topological polar surface area (TPSA) is 77.8 Å². The van der Waals surface area contributed by atoms with E-state index in [0.717, 1.165) is 0 Å². The van der Waals surface area contributed by atoms with Gasteiger partial charge in [0.2, 0.25) is 0 Å². The van der Waals surface area contributed by atoms with Crippen molar-refractivity contribution in [3.8, 4) is 0 Å². The predicted molar refractivity (Wildman–Crippen MR) is 47.0 cm³/mol. The molecule has 0 aliphatic heterocycles. The van der Waals surface area contributed by atoms with Gasteiger partial charge < -0.3 is 15.3 Å². The van der Waals surface area contributed by atoms with Crippen LogP contribution in [0.25, 0.3) is 0 Å². The zero-order chi connectivity index (χ0) is 9.78. The van der Waals surface area contributed by atoms with Crippen LogP contribution in [0.2, 0.25) is 0 Å². The molecule has 72 valence electrons.